The van der Waals surface area contributed by atoms with Crippen LogP contribution in [0.1, 0.15) is 27.2 Å². The quantitative estimate of drug-likeness (QED) is 0.665. The lowest BCUT2D eigenvalue weighted by Gasteiger charge is -2.33. The molecular formula is C13H26N4O2. The van der Waals surface area contributed by atoms with Gasteiger partial charge in [-0.05, 0) is 19.3 Å². The highest BCUT2D eigenvalue weighted by atomic mass is 16.2. The maximum Gasteiger partial charge on any atom is 0.321 e. The maximum absolute atomic E-state index is 11.7. The van der Waals surface area contributed by atoms with Crippen LogP contribution in [0.2, 0.25) is 0 Å². The molecule has 3 amide bonds. The van der Waals surface area contributed by atoms with Crippen molar-refractivity contribution in [1.82, 2.24) is 20.9 Å². The van der Waals surface area contributed by atoms with Crippen LogP contribution < -0.4 is 16.0 Å². The van der Waals surface area contributed by atoms with Crippen LogP contribution in [-0.2, 0) is 4.79 Å². The van der Waals surface area contributed by atoms with E-state index in [1.165, 1.54) is 0 Å². The minimum Gasteiger partial charge on any atom is -0.338 e. The van der Waals surface area contributed by atoms with Crippen LogP contribution in [0.5, 0.6) is 0 Å². The van der Waals surface area contributed by atoms with Gasteiger partial charge in [-0.1, -0.05) is 13.8 Å². The number of urea groups is 1. The van der Waals surface area contributed by atoms with Crippen molar-refractivity contribution in [2.24, 2.45) is 5.92 Å². The summed E-state index contributed by atoms with van der Waals surface area (Å²) in [6.45, 7) is 9.74. The summed E-state index contributed by atoms with van der Waals surface area (Å²) < 4.78 is 0. The molecule has 0 spiro atoms. The van der Waals surface area contributed by atoms with Gasteiger partial charge in [-0.15, -0.1) is 0 Å². The first-order valence-electron chi connectivity index (χ1n) is 7.01. The van der Waals surface area contributed by atoms with Crippen molar-refractivity contribution in [3.63, 3.8) is 0 Å². The minimum absolute atomic E-state index is 0.240. The second-order valence-electron chi connectivity index (χ2n) is 5.51. The molecule has 110 valence electrons. The summed E-state index contributed by atoms with van der Waals surface area (Å²) in [6, 6.07) is -0.0723. The van der Waals surface area contributed by atoms with Crippen molar-refractivity contribution in [3.05, 3.63) is 0 Å². The molecule has 0 aromatic carbocycles. The smallest absolute Gasteiger partial charge is 0.321 e. The summed E-state index contributed by atoms with van der Waals surface area (Å²) >= 11 is 0. The van der Waals surface area contributed by atoms with E-state index in [4.69, 9.17) is 0 Å². The van der Waals surface area contributed by atoms with E-state index < -0.39 is 6.03 Å². The van der Waals surface area contributed by atoms with Gasteiger partial charge >= 0.3 is 6.03 Å². The van der Waals surface area contributed by atoms with E-state index in [2.05, 4.69) is 41.6 Å². The van der Waals surface area contributed by atoms with Crippen molar-refractivity contribution in [3.8, 4) is 0 Å². The number of nitrogens with zero attached hydrogens (tertiary/aromatic N) is 1. The lowest BCUT2D eigenvalue weighted by Crippen LogP contribution is -2.53. The van der Waals surface area contributed by atoms with E-state index in [0.29, 0.717) is 18.5 Å². The van der Waals surface area contributed by atoms with Crippen LogP contribution in [0.4, 0.5) is 4.79 Å². The van der Waals surface area contributed by atoms with Gasteiger partial charge in [-0.2, -0.15) is 0 Å². The van der Waals surface area contributed by atoms with E-state index >= 15 is 0 Å². The van der Waals surface area contributed by atoms with E-state index in [9.17, 15) is 9.59 Å². The van der Waals surface area contributed by atoms with Crippen molar-refractivity contribution in [2.45, 2.75) is 33.2 Å². The average molecular weight is 270 g/mol. The highest BCUT2D eigenvalue weighted by Gasteiger charge is 2.20. The maximum atomic E-state index is 11.7. The molecule has 0 aromatic heterocycles. The molecule has 1 fully saturated rings. The number of nitrogens with one attached hydrogen (secondary N) is 3. The molecule has 1 rings (SSSR count). The highest BCUT2D eigenvalue weighted by Crippen LogP contribution is 2.01. The highest BCUT2D eigenvalue weighted by molar-refractivity contribution is 5.95. The van der Waals surface area contributed by atoms with Crippen molar-refractivity contribution >= 4 is 11.9 Å². The summed E-state index contributed by atoms with van der Waals surface area (Å²) in [5, 5.41) is 8.33. The van der Waals surface area contributed by atoms with Crippen molar-refractivity contribution < 1.29 is 9.59 Å². The van der Waals surface area contributed by atoms with Gasteiger partial charge in [-0.25, -0.2) is 4.79 Å². The predicted molar refractivity (Wildman–Crippen MR) is 74.9 cm³/mol. The Kier molecular flexibility index (Phi) is 6.80. The van der Waals surface area contributed by atoms with Crippen LogP contribution in [0.3, 0.4) is 0 Å². The Bertz CT molecular complexity index is 307. The van der Waals surface area contributed by atoms with Crippen molar-refractivity contribution in [2.75, 3.05) is 32.7 Å². The summed E-state index contributed by atoms with van der Waals surface area (Å²) in [6.07, 6.45) is 0.913. The fourth-order valence-corrected chi connectivity index (χ4v) is 1.99. The van der Waals surface area contributed by atoms with E-state index in [1.807, 2.05) is 0 Å². The molecule has 0 saturated carbocycles. The second kappa shape index (κ2) is 8.12. The Hall–Kier alpha value is -1.14. The molecule has 19 heavy (non-hydrogen) atoms. The first-order valence-corrected chi connectivity index (χ1v) is 7.01. The zero-order valence-corrected chi connectivity index (χ0v) is 12.2. The average Bonchev–Trinajstić information content (AvgIpc) is 2.31. The fraction of sp³-hybridized carbons (Fsp3) is 0.846. The molecule has 1 atom stereocenters. The normalized spacial score (nSPS) is 20.3. The Morgan fingerprint density at radius 2 is 2.16 bits per heavy atom. The third-order valence-corrected chi connectivity index (χ3v) is 3.25. The fourth-order valence-electron chi connectivity index (χ4n) is 1.99. The minimum atomic E-state index is -0.395. The number of carbonyl (C=O) groups excluding carboxylic acids is 2. The summed E-state index contributed by atoms with van der Waals surface area (Å²) in [4.78, 5) is 25.3. The molecule has 1 heterocycles. The second-order valence-corrected chi connectivity index (χ2v) is 5.51. The topological polar surface area (TPSA) is 73.5 Å². The Morgan fingerprint density at radius 3 is 2.79 bits per heavy atom. The molecule has 1 aliphatic rings. The van der Waals surface area contributed by atoms with Gasteiger partial charge in [0.05, 0.1) is 6.54 Å². The Balaban J connectivity index is 2.20. The number of hydrogen-bond acceptors (Lipinski definition) is 4. The zero-order valence-electron chi connectivity index (χ0n) is 12.2. The third-order valence-electron chi connectivity index (χ3n) is 3.25. The predicted octanol–water partition coefficient (Wildman–Crippen LogP) is 0.152. The molecule has 6 heteroatoms. The number of imide groups is 1. The molecule has 0 aliphatic carbocycles. The van der Waals surface area contributed by atoms with Gasteiger partial charge in [0.1, 0.15) is 0 Å². The molecule has 6 nitrogen and oxygen atoms in total. The Morgan fingerprint density at radius 1 is 1.42 bits per heavy atom. The molecule has 0 bridgehead atoms. The van der Waals surface area contributed by atoms with Gasteiger partial charge in [0.2, 0.25) is 5.91 Å². The van der Waals surface area contributed by atoms with E-state index in [-0.39, 0.29) is 12.5 Å². The summed E-state index contributed by atoms with van der Waals surface area (Å²) in [5.41, 5.74) is 0. The number of piperazine rings is 1. The molecule has 0 radical (unpaired) electrons. The lowest BCUT2D eigenvalue weighted by molar-refractivity contribution is -0.121. The van der Waals surface area contributed by atoms with Crippen LogP contribution in [0.15, 0.2) is 0 Å². The molecule has 1 aliphatic heterocycles. The summed E-state index contributed by atoms with van der Waals surface area (Å²) in [5.74, 6) is 0.300. The van der Waals surface area contributed by atoms with E-state index in [0.717, 1.165) is 26.1 Å². The number of amides is 3. The van der Waals surface area contributed by atoms with E-state index in [1.54, 1.807) is 0 Å². The molecule has 3 N–H and O–H groups in total. The Labute approximate surface area is 115 Å². The van der Waals surface area contributed by atoms with Crippen LogP contribution in [0.25, 0.3) is 0 Å². The number of rotatable bonds is 5. The largest absolute Gasteiger partial charge is 0.338 e. The molecule has 1 saturated heterocycles. The van der Waals surface area contributed by atoms with Crippen molar-refractivity contribution in [1.29, 1.82) is 0 Å². The SMILES string of the molecule is CC(C)CCNC(=O)NC(=O)CN1CCNC[C@H]1C. The zero-order chi connectivity index (χ0) is 14.3. The van der Waals surface area contributed by atoms with Gasteiger partial charge in [0, 0.05) is 32.2 Å². The van der Waals surface area contributed by atoms with Gasteiger partial charge in [0.25, 0.3) is 0 Å². The number of hydrogen-bond donors (Lipinski definition) is 3. The monoisotopic (exact) mass is 270 g/mol. The third kappa shape index (κ3) is 6.54. The lowest BCUT2D eigenvalue weighted by atomic mass is 10.1. The first-order chi connectivity index (χ1) is 8.99. The van der Waals surface area contributed by atoms with Gasteiger partial charge < -0.3 is 10.6 Å². The van der Waals surface area contributed by atoms with Crippen LogP contribution in [0, 0.1) is 5.92 Å². The molecule has 0 unspecified atom stereocenters. The van der Waals surface area contributed by atoms with Crippen LogP contribution in [-0.4, -0.2) is 55.6 Å². The summed E-state index contributed by atoms with van der Waals surface area (Å²) in [7, 11) is 0. The molecular weight excluding hydrogens is 244 g/mol. The first kappa shape index (κ1) is 15.9. The van der Waals surface area contributed by atoms with Gasteiger partial charge in [-0.3, -0.25) is 15.0 Å². The standard InChI is InChI=1S/C13H26N4O2/c1-10(2)4-5-15-13(19)16-12(18)9-17-7-6-14-8-11(17)3/h10-11,14H,4-9H2,1-3H3,(H2,15,16,18,19)/t11-/m1/s1. The van der Waals surface area contributed by atoms with Crippen LogP contribution >= 0.6 is 0 Å². The van der Waals surface area contributed by atoms with Gasteiger partial charge in [0.15, 0.2) is 0 Å². The molecule has 0 aromatic rings. The number of carbonyl (C=O) groups is 2.